The third-order valence-electron chi connectivity index (χ3n) is 3.61. The number of rotatable bonds is 6. The van der Waals surface area contributed by atoms with Crippen molar-refractivity contribution in [3.05, 3.63) is 42.5 Å². The van der Waals surface area contributed by atoms with Gasteiger partial charge in [-0.25, -0.2) is 14.7 Å². The van der Waals surface area contributed by atoms with Crippen LogP contribution in [0.3, 0.4) is 0 Å². The first kappa shape index (κ1) is 17.2. The molecule has 0 fully saturated rings. The molecule has 3 rings (SSSR count). The van der Waals surface area contributed by atoms with Gasteiger partial charge in [-0.05, 0) is 18.2 Å². The summed E-state index contributed by atoms with van der Waals surface area (Å²) in [6.45, 7) is 0.131. The van der Waals surface area contributed by atoms with Crippen molar-refractivity contribution >= 4 is 22.2 Å². The average molecular weight is 359 g/mol. The molecular formula is C16H15N4O4S-. The molecule has 1 N–H and O–H groups in total. The van der Waals surface area contributed by atoms with Crippen LogP contribution in [0.5, 0.6) is 11.5 Å². The van der Waals surface area contributed by atoms with Crippen LogP contribution in [0.25, 0.3) is 22.2 Å². The number of pyridine rings is 1. The molecule has 0 radical (unpaired) electrons. The van der Waals surface area contributed by atoms with E-state index in [4.69, 9.17) is 9.47 Å². The summed E-state index contributed by atoms with van der Waals surface area (Å²) in [5.41, 5.74) is 2.80. The van der Waals surface area contributed by atoms with Gasteiger partial charge >= 0.3 is 0 Å². The van der Waals surface area contributed by atoms with E-state index < -0.39 is 11.3 Å². The van der Waals surface area contributed by atoms with Crippen molar-refractivity contribution in [2.24, 2.45) is 0 Å². The zero-order valence-electron chi connectivity index (χ0n) is 13.6. The van der Waals surface area contributed by atoms with Crippen LogP contribution in [0.15, 0.2) is 36.8 Å². The smallest absolute Gasteiger partial charge is 0.162 e. The molecule has 0 spiro atoms. The van der Waals surface area contributed by atoms with Crippen LogP contribution in [0.2, 0.25) is 0 Å². The molecule has 1 atom stereocenters. The summed E-state index contributed by atoms with van der Waals surface area (Å²) in [6.07, 6.45) is 3.11. The Bertz CT molecular complexity index is 918. The van der Waals surface area contributed by atoms with Crippen molar-refractivity contribution in [3.8, 4) is 22.8 Å². The molecule has 25 heavy (non-hydrogen) atoms. The Morgan fingerprint density at radius 3 is 2.52 bits per heavy atom. The predicted molar refractivity (Wildman–Crippen MR) is 91.6 cm³/mol. The van der Waals surface area contributed by atoms with Crippen LogP contribution in [-0.4, -0.2) is 37.9 Å². The van der Waals surface area contributed by atoms with Gasteiger partial charge in [-0.15, -0.1) is 0 Å². The van der Waals surface area contributed by atoms with Gasteiger partial charge in [0.1, 0.15) is 6.33 Å². The first-order valence-corrected chi connectivity index (χ1v) is 8.34. The SMILES string of the molecule is COc1cc2ncnc(-c3ccc(CNS(=O)[O-])nc3)c2cc1OC. The van der Waals surface area contributed by atoms with E-state index in [1.807, 2.05) is 12.1 Å². The summed E-state index contributed by atoms with van der Waals surface area (Å²) in [5.74, 6) is 1.17. The lowest BCUT2D eigenvalue weighted by molar-refractivity contribution is 0.356. The number of hydrogen-bond acceptors (Lipinski definition) is 7. The normalized spacial score (nSPS) is 12.1. The van der Waals surface area contributed by atoms with Crippen molar-refractivity contribution in [1.82, 2.24) is 19.7 Å². The van der Waals surface area contributed by atoms with E-state index in [1.165, 1.54) is 6.33 Å². The van der Waals surface area contributed by atoms with Crippen LogP contribution in [0.4, 0.5) is 0 Å². The molecular weight excluding hydrogens is 344 g/mol. The lowest BCUT2D eigenvalue weighted by Crippen LogP contribution is -2.16. The molecule has 2 aromatic heterocycles. The highest BCUT2D eigenvalue weighted by atomic mass is 32.2. The Labute approximate surface area is 146 Å². The third-order valence-corrected chi connectivity index (χ3v) is 3.99. The second-order valence-corrected chi connectivity index (χ2v) is 5.80. The van der Waals surface area contributed by atoms with Gasteiger partial charge in [0.25, 0.3) is 0 Å². The fourth-order valence-corrected chi connectivity index (χ4v) is 2.68. The number of aromatic nitrogens is 3. The first-order chi connectivity index (χ1) is 12.1. The molecule has 3 aromatic rings. The van der Waals surface area contributed by atoms with E-state index >= 15 is 0 Å². The second-order valence-electron chi connectivity index (χ2n) is 5.04. The van der Waals surface area contributed by atoms with Gasteiger partial charge in [0.15, 0.2) is 11.5 Å². The van der Waals surface area contributed by atoms with Crippen molar-refractivity contribution in [2.75, 3.05) is 14.2 Å². The number of methoxy groups -OCH3 is 2. The maximum absolute atomic E-state index is 10.5. The van der Waals surface area contributed by atoms with E-state index in [9.17, 15) is 8.76 Å². The fraction of sp³-hybridized carbons (Fsp3) is 0.188. The molecule has 1 unspecified atom stereocenters. The Morgan fingerprint density at radius 1 is 1.12 bits per heavy atom. The van der Waals surface area contributed by atoms with E-state index in [1.54, 1.807) is 32.5 Å². The molecule has 0 aliphatic carbocycles. The minimum atomic E-state index is -2.32. The Hall–Kier alpha value is -2.62. The second kappa shape index (κ2) is 7.51. The summed E-state index contributed by atoms with van der Waals surface area (Å²) >= 11 is -2.32. The zero-order chi connectivity index (χ0) is 17.8. The standard InChI is InChI=1S/C16H16N4O4S/c1-23-14-5-12-13(6-15(14)24-2)18-9-19-16(12)10-3-4-11(17-7-10)8-20-25(21)22/h3-7,9,20H,8H2,1-2H3,(H,21,22)/p-1. The quantitative estimate of drug-likeness (QED) is 0.666. The van der Waals surface area contributed by atoms with Gasteiger partial charge in [0.05, 0.1) is 31.1 Å². The van der Waals surface area contributed by atoms with E-state index in [0.717, 1.165) is 16.5 Å². The lowest BCUT2D eigenvalue weighted by Gasteiger charge is -2.11. The number of nitrogens with one attached hydrogen (secondary N) is 1. The molecule has 0 amide bonds. The van der Waals surface area contributed by atoms with Gasteiger partial charge < -0.3 is 14.0 Å². The Morgan fingerprint density at radius 2 is 1.88 bits per heavy atom. The van der Waals surface area contributed by atoms with Gasteiger partial charge in [-0.2, -0.15) is 0 Å². The highest BCUT2D eigenvalue weighted by molar-refractivity contribution is 7.77. The van der Waals surface area contributed by atoms with Crippen molar-refractivity contribution in [3.63, 3.8) is 0 Å². The van der Waals surface area contributed by atoms with Crippen LogP contribution in [-0.2, 0) is 17.8 Å². The van der Waals surface area contributed by atoms with Crippen LogP contribution >= 0.6 is 0 Å². The van der Waals surface area contributed by atoms with Crippen LogP contribution < -0.4 is 14.2 Å². The monoisotopic (exact) mass is 359 g/mol. The van der Waals surface area contributed by atoms with Crippen LogP contribution in [0.1, 0.15) is 5.69 Å². The number of benzene rings is 1. The third kappa shape index (κ3) is 3.73. The number of nitrogens with zero attached hydrogens (tertiary/aromatic N) is 3. The highest BCUT2D eigenvalue weighted by Crippen LogP contribution is 2.34. The summed E-state index contributed by atoms with van der Waals surface area (Å²) in [5, 5.41) is 0.800. The Kier molecular flexibility index (Phi) is 5.17. The van der Waals surface area contributed by atoms with Gasteiger partial charge in [0, 0.05) is 41.0 Å². The minimum absolute atomic E-state index is 0.131. The largest absolute Gasteiger partial charge is 0.760 e. The molecule has 0 bridgehead atoms. The van der Waals surface area contributed by atoms with Crippen LogP contribution in [0, 0.1) is 0 Å². The molecule has 9 heteroatoms. The molecule has 0 saturated heterocycles. The van der Waals surface area contributed by atoms with Crippen molar-refractivity contribution in [1.29, 1.82) is 0 Å². The summed E-state index contributed by atoms with van der Waals surface area (Å²) < 4.78 is 34.0. The van der Waals surface area contributed by atoms with E-state index in [2.05, 4.69) is 19.7 Å². The molecule has 1 aromatic carbocycles. The first-order valence-electron chi connectivity index (χ1n) is 7.27. The molecule has 0 aliphatic rings. The highest BCUT2D eigenvalue weighted by Gasteiger charge is 2.12. The zero-order valence-corrected chi connectivity index (χ0v) is 14.4. The number of ether oxygens (including phenoxy) is 2. The minimum Gasteiger partial charge on any atom is -0.760 e. The molecule has 8 nitrogen and oxygen atoms in total. The summed E-state index contributed by atoms with van der Waals surface area (Å²) in [4.78, 5) is 12.9. The summed E-state index contributed by atoms with van der Waals surface area (Å²) in [6, 6.07) is 7.17. The lowest BCUT2D eigenvalue weighted by atomic mass is 10.1. The van der Waals surface area contributed by atoms with Crippen molar-refractivity contribution in [2.45, 2.75) is 6.54 Å². The number of hydrogen-bond donors (Lipinski definition) is 1. The summed E-state index contributed by atoms with van der Waals surface area (Å²) in [7, 11) is 3.13. The predicted octanol–water partition coefficient (Wildman–Crippen LogP) is 1.59. The maximum atomic E-state index is 10.5. The van der Waals surface area contributed by atoms with Gasteiger partial charge in [0.2, 0.25) is 0 Å². The van der Waals surface area contributed by atoms with Gasteiger partial charge in [-0.3, -0.25) is 9.19 Å². The van der Waals surface area contributed by atoms with Gasteiger partial charge in [-0.1, -0.05) is 0 Å². The Balaban J connectivity index is 2.01. The van der Waals surface area contributed by atoms with E-state index in [0.29, 0.717) is 22.9 Å². The molecule has 0 saturated carbocycles. The average Bonchev–Trinajstić information content (AvgIpc) is 2.65. The van der Waals surface area contributed by atoms with E-state index in [-0.39, 0.29) is 6.54 Å². The van der Waals surface area contributed by atoms with Crippen molar-refractivity contribution < 1.29 is 18.2 Å². The number of fused-ring (bicyclic) bond motifs is 1. The maximum Gasteiger partial charge on any atom is 0.162 e. The molecule has 2 heterocycles. The molecule has 0 aliphatic heterocycles. The fourth-order valence-electron chi connectivity index (χ4n) is 2.42. The molecule has 130 valence electrons. The topological polar surface area (TPSA) is 109 Å².